The first kappa shape index (κ1) is 28.4. The predicted octanol–water partition coefficient (Wildman–Crippen LogP) is 8.23. The Balaban J connectivity index is 1.53. The fraction of sp³-hybridized carbons (Fsp3) is 0.552. The van der Waals surface area contributed by atoms with Crippen LogP contribution >= 0.6 is 11.6 Å². The van der Waals surface area contributed by atoms with E-state index in [-0.39, 0.29) is 34.1 Å². The number of rotatable bonds is 9. The monoisotopic (exact) mass is 553 g/mol. The fourth-order valence-corrected chi connectivity index (χ4v) is 6.14. The van der Waals surface area contributed by atoms with Gasteiger partial charge in [-0.3, -0.25) is 0 Å². The van der Waals surface area contributed by atoms with Gasteiger partial charge in [0.1, 0.15) is 23.2 Å². The highest BCUT2D eigenvalue weighted by Crippen LogP contribution is 2.66. The van der Waals surface area contributed by atoms with Crippen molar-refractivity contribution in [3.05, 3.63) is 52.0 Å². The second-order valence-electron chi connectivity index (χ2n) is 11.2. The molecule has 0 saturated heterocycles. The number of carbonyl (C=O) groups is 1. The smallest absolute Gasteiger partial charge is 0.416 e. The SMILES string of the molecule is CCCCOc1cc(NCc2cc(C(F)(F)F)cc(Cl)c2O)ccc1C(=O)OC1CC2CCC1(C)C2(C)C. The van der Waals surface area contributed by atoms with E-state index in [1.807, 2.05) is 6.92 Å². The van der Waals surface area contributed by atoms with Crippen molar-refractivity contribution in [3.63, 3.8) is 0 Å². The van der Waals surface area contributed by atoms with Crippen LogP contribution in [-0.2, 0) is 17.5 Å². The van der Waals surface area contributed by atoms with Crippen molar-refractivity contribution >= 4 is 23.3 Å². The number of unbranched alkanes of at least 4 members (excludes halogenated alkanes) is 1. The van der Waals surface area contributed by atoms with E-state index >= 15 is 0 Å². The van der Waals surface area contributed by atoms with Gasteiger partial charge in [0.25, 0.3) is 0 Å². The van der Waals surface area contributed by atoms with Gasteiger partial charge in [0, 0.05) is 29.3 Å². The van der Waals surface area contributed by atoms with Crippen LogP contribution in [-0.4, -0.2) is 23.8 Å². The number of alkyl halides is 3. The number of carbonyl (C=O) groups excluding carboxylic acids is 1. The second-order valence-corrected chi connectivity index (χ2v) is 11.6. The van der Waals surface area contributed by atoms with Gasteiger partial charge in [-0.2, -0.15) is 13.2 Å². The number of esters is 1. The molecule has 2 aromatic carbocycles. The maximum atomic E-state index is 13.3. The lowest BCUT2D eigenvalue weighted by Crippen LogP contribution is -2.38. The van der Waals surface area contributed by atoms with E-state index in [1.54, 1.807) is 18.2 Å². The van der Waals surface area contributed by atoms with Crippen LogP contribution in [0.2, 0.25) is 5.02 Å². The van der Waals surface area contributed by atoms with Gasteiger partial charge in [-0.15, -0.1) is 0 Å². The zero-order valence-electron chi connectivity index (χ0n) is 22.2. The van der Waals surface area contributed by atoms with E-state index in [4.69, 9.17) is 21.1 Å². The Morgan fingerprint density at radius 3 is 2.55 bits per heavy atom. The molecule has 0 radical (unpaired) electrons. The summed E-state index contributed by atoms with van der Waals surface area (Å²) in [6.07, 6.45) is -0.0423. The normalized spacial score (nSPS) is 23.9. The topological polar surface area (TPSA) is 67.8 Å². The van der Waals surface area contributed by atoms with Crippen LogP contribution in [0.5, 0.6) is 11.5 Å². The van der Waals surface area contributed by atoms with Gasteiger partial charge in [0.05, 0.1) is 17.2 Å². The highest BCUT2D eigenvalue weighted by atomic mass is 35.5. The number of phenolic OH excluding ortho intramolecular Hbond substituents is 1. The summed E-state index contributed by atoms with van der Waals surface area (Å²) in [7, 11) is 0. The molecule has 9 heteroatoms. The van der Waals surface area contributed by atoms with E-state index < -0.39 is 23.5 Å². The molecule has 0 spiro atoms. The summed E-state index contributed by atoms with van der Waals surface area (Å²) >= 11 is 5.83. The molecule has 0 heterocycles. The summed E-state index contributed by atoms with van der Waals surface area (Å²) in [5.41, 5.74) is -0.115. The van der Waals surface area contributed by atoms with E-state index in [0.717, 1.165) is 38.2 Å². The summed E-state index contributed by atoms with van der Waals surface area (Å²) in [5.74, 6) is -0.000715. The average Bonchev–Trinajstić information content (AvgIpc) is 3.18. The molecule has 5 nitrogen and oxygen atoms in total. The van der Waals surface area contributed by atoms with Gasteiger partial charge in [-0.05, 0) is 61.3 Å². The van der Waals surface area contributed by atoms with Crippen molar-refractivity contribution in [3.8, 4) is 11.5 Å². The molecule has 2 fully saturated rings. The Kier molecular flexibility index (Phi) is 7.86. The van der Waals surface area contributed by atoms with Crippen molar-refractivity contribution < 1.29 is 32.5 Å². The molecule has 208 valence electrons. The third kappa shape index (κ3) is 5.29. The summed E-state index contributed by atoms with van der Waals surface area (Å²) in [5, 5.41) is 12.8. The molecule has 2 aromatic rings. The number of benzene rings is 2. The highest BCUT2D eigenvalue weighted by Gasteiger charge is 2.62. The van der Waals surface area contributed by atoms with Crippen molar-refractivity contribution in [2.75, 3.05) is 11.9 Å². The van der Waals surface area contributed by atoms with E-state index in [2.05, 4.69) is 26.1 Å². The molecule has 2 bridgehead atoms. The number of phenols is 1. The number of fused-ring (bicyclic) bond motifs is 2. The minimum atomic E-state index is -4.60. The number of anilines is 1. The fourth-order valence-electron chi connectivity index (χ4n) is 5.90. The molecule has 2 N–H and O–H groups in total. The molecule has 38 heavy (non-hydrogen) atoms. The van der Waals surface area contributed by atoms with Crippen molar-refractivity contribution in [1.29, 1.82) is 0 Å². The molecule has 3 unspecified atom stereocenters. The number of nitrogens with one attached hydrogen (secondary N) is 1. The summed E-state index contributed by atoms with van der Waals surface area (Å²) in [6, 6.07) is 6.42. The molecule has 0 amide bonds. The van der Waals surface area contributed by atoms with Crippen LogP contribution in [0.25, 0.3) is 0 Å². The molecular formula is C29H35ClF3NO4. The zero-order valence-corrected chi connectivity index (χ0v) is 22.9. The van der Waals surface area contributed by atoms with Gasteiger partial charge in [-0.1, -0.05) is 45.7 Å². The molecule has 2 saturated carbocycles. The van der Waals surface area contributed by atoms with Crippen LogP contribution in [0.4, 0.5) is 18.9 Å². The number of hydrogen-bond acceptors (Lipinski definition) is 5. The van der Waals surface area contributed by atoms with Crippen LogP contribution in [0.3, 0.4) is 0 Å². The molecule has 4 rings (SSSR count). The Morgan fingerprint density at radius 2 is 1.95 bits per heavy atom. The molecule has 2 aliphatic rings. The van der Waals surface area contributed by atoms with E-state index in [9.17, 15) is 23.1 Å². The average molecular weight is 554 g/mol. The first-order valence-electron chi connectivity index (χ1n) is 13.1. The first-order valence-corrected chi connectivity index (χ1v) is 13.5. The summed E-state index contributed by atoms with van der Waals surface area (Å²) in [6.45, 7) is 9.03. The number of ether oxygens (including phenoxy) is 2. The number of aromatic hydroxyl groups is 1. The van der Waals surface area contributed by atoms with Crippen molar-refractivity contribution in [2.45, 2.75) is 78.6 Å². The van der Waals surface area contributed by atoms with Crippen LogP contribution in [0.15, 0.2) is 30.3 Å². The largest absolute Gasteiger partial charge is 0.506 e. The molecular weight excluding hydrogens is 519 g/mol. The lowest BCUT2D eigenvalue weighted by molar-refractivity contribution is -0.137. The van der Waals surface area contributed by atoms with Gasteiger partial charge in [0.15, 0.2) is 0 Å². The number of hydrogen-bond donors (Lipinski definition) is 2. The quantitative estimate of drug-likeness (QED) is 0.242. The molecule has 2 aliphatic carbocycles. The van der Waals surface area contributed by atoms with Gasteiger partial charge < -0.3 is 19.9 Å². The third-order valence-corrected chi connectivity index (χ3v) is 9.16. The predicted molar refractivity (Wildman–Crippen MR) is 141 cm³/mol. The maximum Gasteiger partial charge on any atom is 0.416 e. The summed E-state index contributed by atoms with van der Waals surface area (Å²) < 4.78 is 51.6. The first-order chi connectivity index (χ1) is 17.8. The second kappa shape index (κ2) is 10.5. The molecule has 3 atom stereocenters. The Bertz CT molecular complexity index is 1200. The maximum absolute atomic E-state index is 13.3. The van der Waals surface area contributed by atoms with E-state index in [1.165, 1.54) is 0 Å². The van der Waals surface area contributed by atoms with Crippen molar-refractivity contribution in [1.82, 2.24) is 0 Å². The van der Waals surface area contributed by atoms with Crippen LogP contribution in [0, 0.1) is 16.7 Å². The van der Waals surface area contributed by atoms with Crippen molar-refractivity contribution in [2.24, 2.45) is 16.7 Å². The van der Waals surface area contributed by atoms with Crippen LogP contribution in [0.1, 0.15) is 81.3 Å². The Morgan fingerprint density at radius 1 is 1.21 bits per heavy atom. The standard InChI is InChI=1S/C29H35ClF3NO4/c1-5-6-11-37-23-15-20(34-16-17-12-19(29(31,32)33)13-22(30)25(17)35)7-8-21(23)26(36)38-24-14-18-9-10-28(24,4)27(18,2)3/h7-8,12-13,15,18,24,34-35H,5-6,9-11,14,16H2,1-4H3. The Labute approximate surface area is 226 Å². The summed E-state index contributed by atoms with van der Waals surface area (Å²) in [4.78, 5) is 13.3. The third-order valence-electron chi connectivity index (χ3n) is 8.87. The molecule has 0 aliphatic heterocycles. The minimum absolute atomic E-state index is 0.00564. The van der Waals surface area contributed by atoms with Gasteiger partial charge in [0.2, 0.25) is 0 Å². The lowest BCUT2D eigenvalue weighted by Gasteiger charge is -2.38. The minimum Gasteiger partial charge on any atom is -0.506 e. The van der Waals surface area contributed by atoms with Gasteiger partial charge in [-0.25, -0.2) is 4.79 Å². The highest BCUT2D eigenvalue weighted by molar-refractivity contribution is 6.32. The lowest BCUT2D eigenvalue weighted by atomic mass is 9.70. The zero-order chi connectivity index (χ0) is 27.9. The number of halogens is 4. The Hall–Kier alpha value is -2.61. The van der Waals surface area contributed by atoms with Gasteiger partial charge >= 0.3 is 12.1 Å². The van der Waals surface area contributed by atoms with E-state index in [0.29, 0.717) is 35.6 Å². The van der Waals surface area contributed by atoms with Crippen LogP contribution < -0.4 is 10.1 Å². The molecule has 0 aromatic heterocycles.